The SMILES string of the molecule is CCCNc1cc(CN(C)CC2CCCN2CC)ccn1. The van der Waals surface area contributed by atoms with Gasteiger partial charge in [-0.05, 0) is 57.1 Å². The van der Waals surface area contributed by atoms with Gasteiger partial charge in [-0.2, -0.15) is 0 Å². The summed E-state index contributed by atoms with van der Waals surface area (Å²) in [6.07, 6.45) is 5.74. The van der Waals surface area contributed by atoms with Crippen LogP contribution in [0.15, 0.2) is 18.3 Å². The minimum atomic E-state index is 0.736. The molecule has 4 heteroatoms. The fourth-order valence-electron chi connectivity index (χ4n) is 3.18. The second kappa shape index (κ2) is 8.35. The van der Waals surface area contributed by atoms with E-state index in [1.807, 2.05) is 6.20 Å². The van der Waals surface area contributed by atoms with Gasteiger partial charge in [-0.1, -0.05) is 13.8 Å². The first-order chi connectivity index (χ1) is 10.2. The molecule has 2 rings (SSSR count). The number of nitrogens with zero attached hydrogens (tertiary/aromatic N) is 3. The second-order valence-electron chi connectivity index (χ2n) is 6.10. The molecule has 0 amide bonds. The Bertz CT molecular complexity index is 421. The summed E-state index contributed by atoms with van der Waals surface area (Å²) in [7, 11) is 2.23. The monoisotopic (exact) mass is 290 g/mol. The van der Waals surface area contributed by atoms with Gasteiger partial charge in [-0.25, -0.2) is 4.98 Å². The quantitative estimate of drug-likeness (QED) is 0.798. The van der Waals surface area contributed by atoms with Crippen LogP contribution in [0, 0.1) is 0 Å². The van der Waals surface area contributed by atoms with Crippen LogP contribution in [-0.2, 0) is 6.54 Å². The maximum absolute atomic E-state index is 4.37. The highest BCUT2D eigenvalue weighted by atomic mass is 15.2. The van der Waals surface area contributed by atoms with Crippen LogP contribution in [0.4, 0.5) is 5.82 Å². The second-order valence-corrected chi connectivity index (χ2v) is 6.10. The summed E-state index contributed by atoms with van der Waals surface area (Å²) in [5.41, 5.74) is 1.34. The molecular formula is C17H30N4. The molecule has 0 radical (unpaired) electrons. The van der Waals surface area contributed by atoms with Gasteiger partial charge in [0.25, 0.3) is 0 Å². The minimum absolute atomic E-state index is 0.736. The predicted octanol–water partition coefficient (Wildman–Crippen LogP) is 2.82. The first kappa shape index (κ1) is 16.2. The van der Waals surface area contributed by atoms with E-state index in [-0.39, 0.29) is 0 Å². The number of nitrogens with one attached hydrogen (secondary N) is 1. The van der Waals surface area contributed by atoms with E-state index in [2.05, 4.69) is 53.1 Å². The molecule has 1 atom stereocenters. The normalized spacial score (nSPS) is 19.3. The summed E-state index contributed by atoms with van der Waals surface area (Å²) < 4.78 is 0. The molecule has 0 aromatic carbocycles. The van der Waals surface area contributed by atoms with Crippen molar-refractivity contribution in [2.45, 2.75) is 45.7 Å². The zero-order valence-corrected chi connectivity index (χ0v) is 13.8. The lowest BCUT2D eigenvalue weighted by Crippen LogP contribution is -2.38. The van der Waals surface area contributed by atoms with Gasteiger partial charge in [0.05, 0.1) is 0 Å². The summed E-state index contributed by atoms with van der Waals surface area (Å²) in [5.74, 6) is 0.999. The van der Waals surface area contributed by atoms with E-state index < -0.39 is 0 Å². The van der Waals surface area contributed by atoms with Gasteiger partial charge in [0, 0.05) is 31.9 Å². The van der Waals surface area contributed by atoms with Gasteiger partial charge in [0.1, 0.15) is 5.82 Å². The molecular weight excluding hydrogens is 260 g/mol. The van der Waals surface area contributed by atoms with Crippen LogP contribution in [0.5, 0.6) is 0 Å². The molecule has 1 unspecified atom stereocenters. The highest BCUT2D eigenvalue weighted by molar-refractivity contribution is 5.37. The Balaban J connectivity index is 1.85. The van der Waals surface area contributed by atoms with Gasteiger partial charge in [-0.15, -0.1) is 0 Å². The third kappa shape index (κ3) is 4.97. The first-order valence-electron chi connectivity index (χ1n) is 8.34. The molecule has 0 bridgehead atoms. The number of hydrogen-bond donors (Lipinski definition) is 1. The molecule has 21 heavy (non-hydrogen) atoms. The Kier molecular flexibility index (Phi) is 6.46. The lowest BCUT2D eigenvalue weighted by atomic mass is 10.2. The Morgan fingerprint density at radius 1 is 1.43 bits per heavy atom. The van der Waals surface area contributed by atoms with Crippen LogP contribution in [0.1, 0.15) is 38.7 Å². The Labute approximate surface area is 129 Å². The van der Waals surface area contributed by atoms with Crippen molar-refractivity contribution in [3.63, 3.8) is 0 Å². The molecule has 0 saturated carbocycles. The number of rotatable bonds is 8. The summed E-state index contributed by atoms with van der Waals surface area (Å²) in [4.78, 5) is 9.43. The zero-order valence-electron chi connectivity index (χ0n) is 13.8. The average molecular weight is 290 g/mol. The Morgan fingerprint density at radius 3 is 3.05 bits per heavy atom. The topological polar surface area (TPSA) is 31.4 Å². The number of aromatic nitrogens is 1. The maximum Gasteiger partial charge on any atom is 0.126 e. The molecule has 2 heterocycles. The van der Waals surface area contributed by atoms with Crippen molar-refractivity contribution in [1.82, 2.24) is 14.8 Å². The zero-order chi connectivity index (χ0) is 15.1. The summed E-state index contributed by atoms with van der Waals surface area (Å²) in [6, 6.07) is 5.04. The Hall–Kier alpha value is -1.13. The molecule has 1 saturated heterocycles. The van der Waals surface area contributed by atoms with E-state index in [0.29, 0.717) is 0 Å². The molecule has 1 aromatic heterocycles. The molecule has 0 spiro atoms. The number of pyridine rings is 1. The molecule has 118 valence electrons. The van der Waals surface area contributed by atoms with E-state index in [0.717, 1.165) is 37.9 Å². The van der Waals surface area contributed by atoms with Crippen molar-refractivity contribution in [1.29, 1.82) is 0 Å². The molecule has 0 aliphatic carbocycles. The van der Waals surface area contributed by atoms with Crippen LogP contribution >= 0.6 is 0 Å². The van der Waals surface area contributed by atoms with Crippen molar-refractivity contribution in [3.05, 3.63) is 23.9 Å². The maximum atomic E-state index is 4.37. The molecule has 1 aromatic rings. The highest BCUT2D eigenvalue weighted by Gasteiger charge is 2.23. The van der Waals surface area contributed by atoms with Gasteiger partial charge in [0.2, 0.25) is 0 Å². The van der Waals surface area contributed by atoms with Crippen molar-refractivity contribution in [3.8, 4) is 0 Å². The van der Waals surface area contributed by atoms with Crippen molar-refractivity contribution in [2.24, 2.45) is 0 Å². The van der Waals surface area contributed by atoms with Gasteiger partial charge >= 0.3 is 0 Å². The fourth-order valence-corrected chi connectivity index (χ4v) is 3.18. The van der Waals surface area contributed by atoms with Gasteiger partial charge in [-0.3, -0.25) is 4.90 Å². The molecule has 1 fully saturated rings. The largest absolute Gasteiger partial charge is 0.370 e. The van der Waals surface area contributed by atoms with Crippen LogP contribution < -0.4 is 5.32 Å². The lowest BCUT2D eigenvalue weighted by Gasteiger charge is -2.27. The average Bonchev–Trinajstić information content (AvgIpc) is 2.92. The number of likely N-dealkylation sites (tertiary alicyclic amines) is 1. The molecule has 1 N–H and O–H groups in total. The summed E-state index contributed by atoms with van der Waals surface area (Å²) >= 11 is 0. The number of likely N-dealkylation sites (N-methyl/N-ethyl adjacent to an activating group) is 2. The van der Waals surface area contributed by atoms with Crippen molar-refractivity contribution < 1.29 is 0 Å². The van der Waals surface area contributed by atoms with Crippen LogP contribution in [0.3, 0.4) is 0 Å². The Morgan fingerprint density at radius 2 is 2.29 bits per heavy atom. The summed E-state index contributed by atoms with van der Waals surface area (Å²) in [5, 5.41) is 3.36. The molecule has 4 nitrogen and oxygen atoms in total. The van der Waals surface area contributed by atoms with Crippen LogP contribution in [-0.4, -0.2) is 54.1 Å². The number of anilines is 1. The fraction of sp³-hybridized carbons (Fsp3) is 0.706. The molecule has 1 aliphatic rings. The number of hydrogen-bond acceptors (Lipinski definition) is 4. The summed E-state index contributed by atoms with van der Waals surface area (Å²) in [6.45, 7) is 10.0. The lowest BCUT2D eigenvalue weighted by molar-refractivity contribution is 0.195. The highest BCUT2D eigenvalue weighted by Crippen LogP contribution is 2.18. The predicted molar refractivity (Wildman–Crippen MR) is 89.6 cm³/mol. The standard InChI is InChI=1S/C17H30N4/c1-4-9-18-17-12-15(8-10-19-17)13-20(3)14-16-7-6-11-21(16)5-2/h8,10,12,16H,4-7,9,11,13-14H2,1-3H3,(H,18,19). The minimum Gasteiger partial charge on any atom is -0.370 e. The smallest absolute Gasteiger partial charge is 0.126 e. The molecule has 1 aliphatic heterocycles. The van der Waals surface area contributed by atoms with Crippen LogP contribution in [0.2, 0.25) is 0 Å². The van der Waals surface area contributed by atoms with E-state index in [1.54, 1.807) is 0 Å². The van der Waals surface area contributed by atoms with E-state index >= 15 is 0 Å². The first-order valence-corrected chi connectivity index (χ1v) is 8.34. The van der Waals surface area contributed by atoms with Crippen LogP contribution in [0.25, 0.3) is 0 Å². The third-order valence-corrected chi connectivity index (χ3v) is 4.26. The third-order valence-electron chi connectivity index (χ3n) is 4.26. The van der Waals surface area contributed by atoms with E-state index in [1.165, 1.54) is 31.5 Å². The van der Waals surface area contributed by atoms with Gasteiger partial charge in [0.15, 0.2) is 0 Å². The van der Waals surface area contributed by atoms with Crippen molar-refractivity contribution in [2.75, 3.05) is 38.5 Å². The van der Waals surface area contributed by atoms with Crippen molar-refractivity contribution >= 4 is 5.82 Å². The van der Waals surface area contributed by atoms with E-state index in [9.17, 15) is 0 Å². The van der Waals surface area contributed by atoms with Gasteiger partial charge < -0.3 is 10.2 Å². The van der Waals surface area contributed by atoms with E-state index in [4.69, 9.17) is 0 Å².